The fourth-order valence-electron chi connectivity index (χ4n) is 3.54. The normalized spacial score (nSPS) is 11.1. The van der Waals surface area contributed by atoms with Gasteiger partial charge in [0.25, 0.3) is 0 Å². The summed E-state index contributed by atoms with van der Waals surface area (Å²) in [5.74, 6) is 0.716. The molecular formula is C24H31N3O. The molecule has 0 radical (unpaired) electrons. The van der Waals surface area contributed by atoms with Gasteiger partial charge in [-0.2, -0.15) is 4.98 Å². The Morgan fingerprint density at radius 2 is 1.71 bits per heavy atom. The van der Waals surface area contributed by atoms with Crippen molar-refractivity contribution in [3.8, 4) is 0 Å². The lowest BCUT2D eigenvalue weighted by Gasteiger charge is -2.12. The lowest BCUT2D eigenvalue weighted by Crippen LogP contribution is -2.25. The molecule has 28 heavy (non-hydrogen) atoms. The summed E-state index contributed by atoms with van der Waals surface area (Å²) >= 11 is 0. The number of nitrogens with zero attached hydrogens (tertiary/aromatic N) is 2. The fraction of sp³-hybridized carbons (Fsp3) is 0.417. The van der Waals surface area contributed by atoms with Crippen LogP contribution in [0.1, 0.15) is 56.6 Å². The van der Waals surface area contributed by atoms with Gasteiger partial charge in [-0.15, -0.1) is 0 Å². The van der Waals surface area contributed by atoms with Crippen molar-refractivity contribution in [3.63, 3.8) is 0 Å². The minimum atomic E-state index is -0.204. The van der Waals surface area contributed by atoms with E-state index in [2.05, 4.69) is 47.6 Å². The first-order chi connectivity index (χ1) is 13.7. The number of aryl methyl sites for hydroxylation is 1. The summed E-state index contributed by atoms with van der Waals surface area (Å²) in [5.41, 5.74) is 1.91. The maximum Gasteiger partial charge on any atom is 0.349 e. The van der Waals surface area contributed by atoms with Gasteiger partial charge in [0.15, 0.2) is 0 Å². The van der Waals surface area contributed by atoms with E-state index in [-0.39, 0.29) is 5.69 Å². The Morgan fingerprint density at radius 1 is 0.964 bits per heavy atom. The SMILES string of the molecule is CCCCCCCCNc1nc(=O)n(Cc2ccc3ccccc3c2)cc1C. The van der Waals surface area contributed by atoms with Crippen LogP contribution in [0, 0.1) is 6.92 Å². The summed E-state index contributed by atoms with van der Waals surface area (Å²) in [6.45, 7) is 5.65. The van der Waals surface area contributed by atoms with Gasteiger partial charge in [0, 0.05) is 18.3 Å². The van der Waals surface area contributed by atoms with E-state index in [1.54, 1.807) is 4.57 Å². The zero-order valence-corrected chi connectivity index (χ0v) is 17.1. The van der Waals surface area contributed by atoms with Crippen LogP contribution in [0.5, 0.6) is 0 Å². The van der Waals surface area contributed by atoms with E-state index in [4.69, 9.17) is 0 Å². The van der Waals surface area contributed by atoms with Gasteiger partial charge in [0.05, 0.1) is 6.54 Å². The van der Waals surface area contributed by atoms with E-state index in [0.717, 1.165) is 24.1 Å². The van der Waals surface area contributed by atoms with Crippen LogP contribution in [-0.2, 0) is 6.54 Å². The predicted octanol–water partition coefficient (Wildman–Crippen LogP) is 5.53. The molecule has 4 heteroatoms. The van der Waals surface area contributed by atoms with Gasteiger partial charge in [0.1, 0.15) is 5.82 Å². The molecule has 0 aliphatic rings. The highest BCUT2D eigenvalue weighted by atomic mass is 16.1. The van der Waals surface area contributed by atoms with Crippen LogP contribution in [-0.4, -0.2) is 16.1 Å². The number of hydrogen-bond donors (Lipinski definition) is 1. The van der Waals surface area contributed by atoms with Crippen LogP contribution in [0.25, 0.3) is 10.8 Å². The predicted molar refractivity (Wildman–Crippen MR) is 118 cm³/mol. The van der Waals surface area contributed by atoms with E-state index >= 15 is 0 Å². The molecule has 0 spiro atoms. The number of nitrogens with one attached hydrogen (secondary N) is 1. The van der Waals surface area contributed by atoms with Crippen molar-refractivity contribution in [2.24, 2.45) is 0 Å². The topological polar surface area (TPSA) is 46.9 Å². The summed E-state index contributed by atoms with van der Waals surface area (Å²) in [6.07, 6.45) is 9.46. The first-order valence-electron chi connectivity index (χ1n) is 10.5. The lowest BCUT2D eigenvalue weighted by molar-refractivity contribution is 0.616. The minimum Gasteiger partial charge on any atom is -0.370 e. The van der Waals surface area contributed by atoms with E-state index in [9.17, 15) is 4.79 Å². The highest BCUT2D eigenvalue weighted by Crippen LogP contribution is 2.16. The lowest BCUT2D eigenvalue weighted by atomic mass is 10.1. The van der Waals surface area contributed by atoms with Crippen LogP contribution >= 0.6 is 0 Å². The van der Waals surface area contributed by atoms with Crippen molar-refractivity contribution in [1.29, 1.82) is 0 Å². The number of hydrogen-bond acceptors (Lipinski definition) is 3. The van der Waals surface area contributed by atoms with Gasteiger partial charge in [-0.05, 0) is 35.7 Å². The number of rotatable bonds is 10. The van der Waals surface area contributed by atoms with Gasteiger partial charge in [-0.3, -0.25) is 4.57 Å². The van der Waals surface area contributed by atoms with Crippen LogP contribution in [0.2, 0.25) is 0 Å². The Hall–Kier alpha value is -2.62. The maximum absolute atomic E-state index is 12.5. The second-order valence-electron chi connectivity index (χ2n) is 7.56. The van der Waals surface area contributed by atoms with Gasteiger partial charge < -0.3 is 5.32 Å². The number of benzene rings is 2. The number of unbranched alkanes of at least 4 members (excludes halogenated alkanes) is 5. The zero-order valence-electron chi connectivity index (χ0n) is 17.1. The second-order valence-corrected chi connectivity index (χ2v) is 7.56. The summed E-state index contributed by atoms with van der Waals surface area (Å²) < 4.78 is 1.69. The van der Waals surface area contributed by atoms with Gasteiger partial charge in [-0.1, -0.05) is 75.4 Å². The van der Waals surface area contributed by atoms with Gasteiger partial charge in [-0.25, -0.2) is 4.79 Å². The highest BCUT2D eigenvalue weighted by molar-refractivity contribution is 5.82. The van der Waals surface area contributed by atoms with E-state index in [0.29, 0.717) is 12.4 Å². The molecule has 0 bridgehead atoms. The van der Waals surface area contributed by atoms with E-state index in [1.165, 1.54) is 42.9 Å². The van der Waals surface area contributed by atoms with Crippen LogP contribution in [0.3, 0.4) is 0 Å². The molecule has 0 unspecified atom stereocenters. The fourth-order valence-corrected chi connectivity index (χ4v) is 3.54. The average Bonchev–Trinajstić information content (AvgIpc) is 2.70. The van der Waals surface area contributed by atoms with Crippen LogP contribution in [0.4, 0.5) is 5.82 Å². The minimum absolute atomic E-state index is 0.204. The largest absolute Gasteiger partial charge is 0.370 e. The molecule has 0 atom stereocenters. The summed E-state index contributed by atoms with van der Waals surface area (Å²) in [7, 11) is 0. The Morgan fingerprint density at radius 3 is 2.54 bits per heavy atom. The van der Waals surface area contributed by atoms with Crippen molar-refractivity contribution in [1.82, 2.24) is 9.55 Å². The molecule has 0 saturated carbocycles. The van der Waals surface area contributed by atoms with E-state index < -0.39 is 0 Å². The summed E-state index contributed by atoms with van der Waals surface area (Å²) in [5, 5.41) is 5.74. The first-order valence-corrected chi connectivity index (χ1v) is 10.5. The van der Waals surface area contributed by atoms with Crippen LogP contribution < -0.4 is 11.0 Å². The first kappa shape index (κ1) is 20.1. The Labute approximate surface area is 167 Å². The molecule has 0 aliphatic heterocycles. The Kier molecular flexibility index (Phi) is 7.24. The average molecular weight is 378 g/mol. The third-order valence-electron chi connectivity index (χ3n) is 5.17. The quantitative estimate of drug-likeness (QED) is 0.473. The monoisotopic (exact) mass is 377 g/mol. The Bertz CT molecular complexity index is 961. The number of anilines is 1. The molecule has 0 amide bonds. The number of aromatic nitrogens is 2. The van der Waals surface area contributed by atoms with Crippen molar-refractivity contribution in [3.05, 3.63) is 70.3 Å². The molecule has 4 nitrogen and oxygen atoms in total. The molecular weight excluding hydrogens is 346 g/mol. The molecule has 3 rings (SSSR count). The smallest absolute Gasteiger partial charge is 0.349 e. The van der Waals surface area contributed by atoms with Crippen molar-refractivity contribution < 1.29 is 0 Å². The molecule has 3 aromatic rings. The Balaban J connectivity index is 1.60. The third-order valence-corrected chi connectivity index (χ3v) is 5.17. The number of fused-ring (bicyclic) bond motifs is 1. The van der Waals surface area contributed by atoms with E-state index in [1.807, 2.05) is 25.3 Å². The highest BCUT2D eigenvalue weighted by Gasteiger charge is 2.06. The standard InChI is InChI=1S/C24H31N3O/c1-3-4-5-6-7-10-15-25-23-19(2)17-27(24(28)26-23)18-20-13-14-21-11-8-9-12-22(21)16-20/h8-9,11-14,16-17H,3-7,10,15,18H2,1-2H3,(H,25,26,28). The van der Waals surface area contributed by atoms with Crippen LogP contribution in [0.15, 0.2) is 53.5 Å². The van der Waals surface area contributed by atoms with Gasteiger partial charge in [0.2, 0.25) is 0 Å². The maximum atomic E-state index is 12.5. The van der Waals surface area contributed by atoms with Gasteiger partial charge >= 0.3 is 5.69 Å². The molecule has 148 valence electrons. The second kappa shape index (κ2) is 10.1. The molecule has 1 aromatic heterocycles. The zero-order chi connectivity index (χ0) is 19.8. The molecule has 0 fully saturated rings. The summed E-state index contributed by atoms with van der Waals surface area (Å²) in [6, 6.07) is 14.6. The molecule has 0 saturated heterocycles. The molecule has 1 heterocycles. The van der Waals surface area contributed by atoms with Crippen molar-refractivity contribution in [2.75, 3.05) is 11.9 Å². The molecule has 2 aromatic carbocycles. The molecule has 1 N–H and O–H groups in total. The molecule has 0 aliphatic carbocycles. The summed E-state index contributed by atoms with van der Waals surface area (Å²) in [4.78, 5) is 16.8. The van der Waals surface area contributed by atoms with Crippen molar-refractivity contribution in [2.45, 2.75) is 58.9 Å². The third kappa shape index (κ3) is 5.44. The van der Waals surface area contributed by atoms with Crippen molar-refractivity contribution >= 4 is 16.6 Å².